The molecule has 144 valence electrons. The molecule has 1 unspecified atom stereocenters. The molecule has 0 aliphatic carbocycles. The zero-order valence-electron chi connectivity index (χ0n) is 16.7. The molecule has 0 aromatic carbocycles. The topological polar surface area (TPSA) is 34.2 Å². The maximum absolute atomic E-state index is 5.68. The van der Waals surface area contributed by atoms with E-state index in [0.29, 0.717) is 0 Å². The molecular formula is C19H40N2O3. The average Bonchev–Trinajstić information content (AvgIpc) is 2.61. The number of methoxy groups -OCH3 is 3. The molecule has 1 aliphatic heterocycles. The number of piperazine rings is 1. The summed E-state index contributed by atoms with van der Waals surface area (Å²) in [7, 11) is 7.25. The molecule has 0 spiro atoms. The van der Waals surface area contributed by atoms with Gasteiger partial charge in [-0.15, -0.1) is 0 Å². The van der Waals surface area contributed by atoms with E-state index in [1.165, 1.54) is 38.5 Å². The van der Waals surface area contributed by atoms with Gasteiger partial charge >= 0.3 is 0 Å². The van der Waals surface area contributed by atoms with Crippen LogP contribution >= 0.6 is 0 Å². The maximum Gasteiger partial charge on any atom is 0.286 e. The van der Waals surface area contributed by atoms with Gasteiger partial charge in [0.15, 0.2) is 0 Å². The van der Waals surface area contributed by atoms with Gasteiger partial charge in [0.1, 0.15) is 0 Å². The van der Waals surface area contributed by atoms with E-state index in [9.17, 15) is 0 Å². The molecule has 0 bridgehead atoms. The molecule has 5 heteroatoms. The average molecular weight is 345 g/mol. The third-order valence-corrected chi connectivity index (χ3v) is 5.33. The highest BCUT2D eigenvalue weighted by Gasteiger charge is 2.40. The number of nitrogens with zero attached hydrogens (tertiary/aromatic N) is 2. The van der Waals surface area contributed by atoms with Gasteiger partial charge in [0, 0.05) is 54.1 Å². The van der Waals surface area contributed by atoms with E-state index >= 15 is 0 Å². The number of likely N-dealkylation sites (N-methyl/N-ethyl adjacent to an activating group) is 1. The second-order valence-corrected chi connectivity index (χ2v) is 7.07. The smallest absolute Gasteiger partial charge is 0.286 e. The molecule has 0 radical (unpaired) electrons. The Morgan fingerprint density at radius 3 is 1.92 bits per heavy atom. The van der Waals surface area contributed by atoms with E-state index in [1.807, 2.05) is 0 Å². The normalized spacial score (nSPS) is 18.9. The molecule has 1 aliphatic rings. The zero-order valence-corrected chi connectivity index (χ0v) is 16.7. The van der Waals surface area contributed by atoms with Gasteiger partial charge in [-0.25, -0.2) is 0 Å². The minimum absolute atomic E-state index is 0.229. The van der Waals surface area contributed by atoms with Crippen LogP contribution in [0.2, 0.25) is 0 Å². The third-order valence-electron chi connectivity index (χ3n) is 5.33. The van der Waals surface area contributed by atoms with Crippen molar-refractivity contribution in [2.24, 2.45) is 5.92 Å². The quantitative estimate of drug-likeness (QED) is 0.379. The van der Waals surface area contributed by atoms with E-state index in [2.05, 4.69) is 23.8 Å². The van der Waals surface area contributed by atoms with Gasteiger partial charge in [0.05, 0.1) is 5.92 Å². The summed E-state index contributed by atoms with van der Waals surface area (Å²) < 4.78 is 17.0. The molecule has 24 heavy (non-hydrogen) atoms. The van der Waals surface area contributed by atoms with Gasteiger partial charge in [-0.1, -0.05) is 45.4 Å². The third kappa shape index (κ3) is 6.96. The molecule has 0 aromatic heterocycles. The Morgan fingerprint density at radius 2 is 1.38 bits per heavy atom. The molecule has 1 fully saturated rings. The van der Waals surface area contributed by atoms with Crippen LogP contribution in [0.15, 0.2) is 0 Å². The molecule has 0 aromatic rings. The van der Waals surface area contributed by atoms with Crippen LogP contribution in [0.1, 0.15) is 51.9 Å². The molecule has 0 N–H and O–H groups in total. The molecule has 1 atom stereocenters. The summed E-state index contributed by atoms with van der Waals surface area (Å²) in [6.45, 7) is 7.70. The first-order valence-electron chi connectivity index (χ1n) is 9.68. The monoisotopic (exact) mass is 344 g/mol. The standard InChI is InChI=1S/C19H40N2O3/c1-6-7-8-9-10-11-12-18(19(22-3,23-4)24-5)17-21-15-13-20(2)14-16-21/h18H,6-17H2,1-5H3. The molecular weight excluding hydrogens is 304 g/mol. The predicted octanol–water partition coefficient (Wildman–Crippen LogP) is 3.19. The van der Waals surface area contributed by atoms with Gasteiger partial charge in [-0.05, 0) is 13.5 Å². The highest BCUT2D eigenvalue weighted by Crippen LogP contribution is 2.30. The summed E-state index contributed by atoms with van der Waals surface area (Å²) >= 11 is 0. The summed E-state index contributed by atoms with van der Waals surface area (Å²) in [4.78, 5) is 4.91. The summed E-state index contributed by atoms with van der Waals surface area (Å²) in [5.41, 5.74) is 0. The lowest BCUT2D eigenvalue weighted by Gasteiger charge is -2.41. The van der Waals surface area contributed by atoms with Crippen LogP contribution < -0.4 is 0 Å². The van der Waals surface area contributed by atoms with Crippen LogP contribution in [-0.4, -0.2) is 76.9 Å². The predicted molar refractivity (Wildman–Crippen MR) is 99.2 cm³/mol. The second kappa shape index (κ2) is 12.2. The van der Waals surface area contributed by atoms with E-state index in [1.54, 1.807) is 21.3 Å². The highest BCUT2D eigenvalue weighted by atomic mass is 16.9. The second-order valence-electron chi connectivity index (χ2n) is 7.07. The molecule has 1 saturated heterocycles. The van der Waals surface area contributed by atoms with Crippen molar-refractivity contribution in [2.45, 2.75) is 57.8 Å². The van der Waals surface area contributed by atoms with Crippen molar-refractivity contribution in [3.63, 3.8) is 0 Å². The molecule has 1 heterocycles. The largest absolute Gasteiger partial charge is 0.331 e. The first-order valence-corrected chi connectivity index (χ1v) is 9.68. The Balaban J connectivity index is 2.55. The lowest BCUT2D eigenvalue weighted by molar-refractivity contribution is -0.380. The number of hydrogen-bond donors (Lipinski definition) is 0. The summed E-state index contributed by atoms with van der Waals surface area (Å²) in [5, 5.41) is 0. The summed E-state index contributed by atoms with van der Waals surface area (Å²) in [6, 6.07) is 0. The van der Waals surface area contributed by atoms with Crippen LogP contribution in [0.4, 0.5) is 0 Å². The fourth-order valence-corrected chi connectivity index (χ4v) is 3.64. The van der Waals surface area contributed by atoms with Crippen molar-refractivity contribution in [3.05, 3.63) is 0 Å². The minimum atomic E-state index is -0.924. The Labute approximate surface area is 149 Å². The highest BCUT2D eigenvalue weighted by molar-refractivity contribution is 4.78. The van der Waals surface area contributed by atoms with Gasteiger partial charge in [-0.3, -0.25) is 0 Å². The Kier molecular flexibility index (Phi) is 11.1. The summed E-state index contributed by atoms with van der Waals surface area (Å²) in [6.07, 6.45) is 8.90. The van der Waals surface area contributed by atoms with Crippen molar-refractivity contribution in [3.8, 4) is 0 Å². The Bertz CT molecular complexity index is 295. The van der Waals surface area contributed by atoms with E-state index in [0.717, 1.165) is 39.1 Å². The van der Waals surface area contributed by atoms with Crippen LogP contribution in [0.3, 0.4) is 0 Å². The maximum atomic E-state index is 5.68. The SMILES string of the molecule is CCCCCCCCC(CN1CCN(C)CC1)C(OC)(OC)OC. The van der Waals surface area contributed by atoms with E-state index in [-0.39, 0.29) is 5.92 Å². The fraction of sp³-hybridized carbons (Fsp3) is 1.00. The van der Waals surface area contributed by atoms with Crippen LogP contribution in [-0.2, 0) is 14.2 Å². The van der Waals surface area contributed by atoms with Crippen LogP contribution in [0.25, 0.3) is 0 Å². The van der Waals surface area contributed by atoms with E-state index < -0.39 is 5.97 Å². The van der Waals surface area contributed by atoms with Gasteiger partial charge in [0.25, 0.3) is 5.97 Å². The Morgan fingerprint density at radius 1 is 0.833 bits per heavy atom. The fourth-order valence-electron chi connectivity index (χ4n) is 3.64. The Hall–Kier alpha value is -0.200. The van der Waals surface area contributed by atoms with Gasteiger partial charge < -0.3 is 24.0 Å². The van der Waals surface area contributed by atoms with Crippen molar-refractivity contribution in [1.29, 1.82) is 0 Å². The molecule has 0 saturated carbocycles. The van der Waals surface area contributed by atoms with Crippen molar-refractivity contribution < 1.29 is 14.2 Å². The van der Waals surface area contributed by atoms with Gasteiger partial charge in [0.2, 0.25) is 0 Å². The zero-order chi connectivity index (χ0) is 17.8. The van der Waals surface area contributed by atoms with Crippen molar-refractivity contribution in [1.82, 2.24) is 9.80 Å². The first kappa shape index (κ1) is 21.8. The lowest BCUT2D eigenvalue weighted by atomic mass is 9.96. The van der Waals surface area contributed by atoms with Gasteiger partial charge in [-0.2, -0.15) is 0 Å². The van der Waals surface area contributed by atoms with Crippen molar-refractivity contribution >= 4 is 0 Å². The number of rotatable bonds is 13. The molecule has 5 nitrogen and oxygen atoms in total. The number of unbranched alkanes of at least 4 members (excludes halogenated alkanes) is 5. The van der Waals surface area contributed by atoms with Crippen LogP contribution in [0, 0.1) is 5.92 Å². The molecule has 1 rings (SSSR count). The van der Waals surface area contributed by atoms with Crippen molar-refractivity contribution in [2.75, 3.05) is 61.1 Å². The summed E-state index contributed by atoms with van der Waals surface area (Å²) in [5.74, 6) is -0.695. The first-order chi connectivity index (χ1) is 11.6. The van der Waals surface area contributed by atoms with Crippen LogP contribution in [0.5, 0.6) is 0 Å². The molecule has 0 amide bonds. The number of ether oxygens (including phenoxy) is 3. The minimum Gasteiger partial charge on any atom is -0.331 e. The lowest BCUT2D eigenvalue weighted by Crippen LogP contribution is -2.52. The van der Waals surface area contributed by atoms with E-state index in [4.69, 9.17) is 14.2 Å². The number of hydrogen-bond acceptors (Lipinski definition) is 5.